The number of amides is 1. The van der Waals surface area contributed by atoms with Crippen molar-refractivity contribution in [3.8, 4) is 0 Å². The number of nitrogens with one attached hydrogen (secondary N) is 1. The van der Waals surface area contributed by atoms with Crippen molar-refractivity contribution in [2.45, 2.75) is 32.9 Å². The molecule has 0 radical (unpaired) electrons. The van der Waals surface area contributed by atoms with Gasteiger partial charge in [-0.3, -0.25) is 9.80 Å². The number of benzene rings is 2. The maximum atomic E-state index is 12.5. The van der Waals surface area contributed by atoms with Crippen molar-refractivity contribution in [3.63, 3.8) is 0 Å². The highest BCUT2D eigenvalue weighted by molar-refractivity contribution is 5.94. The summed E-state index contributed by atoms with van der Waals surface area (Å²) in [7, 11) is 0. The Balaban J connectivity index is 1.32. The molecule has 2 aromatic carbocycles. The topological polar surface area (TPSA) is 62.5 Å². The zero-order chi connectivity index (χ0) is 20.1. The van der Waals surface area contributed by atoms with Crippen molar-refractivity contribution in [1.29, 1.82) is 0 Å². The molecule has 29 heavy (non-hydrogen) atoms. The lowest BCUT2D eigenvalue weighted by atomic mass is 10.1. The first-order valence-electron chi connectivity index (χ1n) is 9.93. The van der Waals surface area contributed by atoms with Crippen LogP contribution in [0.25, 0.3) is 0 Å². The summed E-state index contributed by atoms with van der Waals surface area (Å²) in [6.45, 7) is 4.16. The number of aromatic nitrogens is 2. The molecule has 6 nitrogen and oxygen atoms in total. The first-order valence-corrected chi connectivity index (χ1v) is 9.93. The van der Waals surface area contributed by atoms with Gasteiger partial charge >= 0.3 is 0 Å². The van der Waals surface area contributed by atoms with E-state index >= 15 is 0 Å². The van der Waals surface area contributed by atoms with E-state index in [2.05, 4.69) is 32.1 Å². The predicted molar refractivity (Wildman–Crippen MR) is 115 cm³/mol. The summed E-state index contributed by atoms with van der Waals surface area (Å²) in [6.07, 6.45) is 5.65. The van der Waals surface area contributed by atoms with Crippen LogP contribution in [0, 0.1) is 0 Å². The molecule has 0 fully saturated rings. The van der Waals surface area contributed by atoms with Crippen LogP contribution in [0.3, 0.4) is 0 Å². The Morgan fingerprint density at radius 1 is 1.10 bits per heavy atom. The molecule has 0 bridgehead atoms. The Morgan fingerprint density at radius 2 is 1.90 bits per heavy atom. The average molecular weight is 387 g/mol. The van der Waals surface area contributed by atoms with E-state index in [-0.39, 0.29) is 5.91 Å². The van der Waals surface area contributed by atoms with Crippen LogP contribution in [0.1, 0.15) is 35.1 Å². The fourth-order valence-corrected chi connectivity index (χ4v) is 3.41. The molecule has 1 aliphatic rings. The Bertz CT molecular complexity index is 992. The minimum Gasteiger partial charge on any atom is -0.345 e. The second-order valence-electron chi connectivity index (χ2n) is 7.21. The number of rotatable bonds is 7. The molecule has 1 N–H and O–H groups in total. The molecule has 0 spiro atoms. The minimum atomic E-state index is -0.102. The van der Waals surface area contributed by atoms with Gasteiger partial charge in [0.2, 0.25) is 0 Å². The lowest BCUT2D eigenvalue weighted by Gasteiger charge is -2.14. The molecule has 3 aromatic rings. The highest BCUT2D eigenvalue weighted by atomic mass is 16.1. The molecule has 0 saturated heterocycles. The van der Waals surface area contributed by atoms with E-state index in [0.29, 0.717) is 12.1 Å². The minimum absolute atomic E-state index is 0.102. The number of hydrogen-bond donors (Lipinski definition) is 1. The van der Waals surface area contributed by atoms with Gasteiger partial charge in [0, 0.05) is 43.2 Å². The van der Waals surface area contributed by atoms with E-state index in [0.717, 1.165) is 43.2 Å². The SMILES string of the molecule is CC1=NN(c2ccc(C(=O)NCc3nccn3CCc3ccccc3)cc2)CC1. The zero-order valence-corrected chi connectivity index (χ0v) is 16.6. The van der Waals surface area contributed by atoms with E-state index in [1.807, 2.05) is 60.6 Å². The van der Waals surface area contributed by atoms with Crippen LogP contribution in [0.5, 0.6) is 0 Å². The van der Waals surface area contributed by atoms with Crippen molar-refractivity contribution >= 4 is 17.3 Å². The van der Waals surface area contributed by atoms with E-state index in [4.69, 9.17) is 0 Å². The predicted octanol–water partition coefficient (Wildman–Crippen LogP) is 3.64. The summed E-state index contributed by atoms with van der Waals surface area (Å²) in [5.74, 6) is 0.753. The van der Waals surface area contributed by atoms with Crippen LogP contribution in [-0.4, -0.2) is 27.7 Å². The van der Waals surface area contributed by atoms with Gasteiger partial charge in [0.15, 0.2) is 0 Å². The highest BCUT2D eigenvalue weighted by Crippen LogP contribution is 2.19. The molecule has 4 rings (SSSR count). The maximum absolute atomic E-state index is 12.5. The molecular formula is C23H25N5O. The summed E-state index contributed by atoms with van der Waals surface area (Å²) in [4.78, 5) is 16.9. The molecular weight excluding hydrogens is 362 g/mol. The lowest BCUT2D eigenvalue weighted by molar-refractivity contribution is 0.0949. The van der Waals surface area contributed by atoms with Gasteiger partial charge in [-0.2, -0.15) is 5.10 Å². The van der Waals surface area contributed by atoms with Gasteiger partial charge in [0.05, 0.1) is 12.2 Å². The largest absolute Gasteiger partial charge is 0.345 e. The van der Waals surface area contributed by atoms with Gasteiger partial charge in [-0.05, 0) is 43.2 Å². The molecule has 0 atom stereocenters. The molecule has 1 aromatic heterocycles. The molecule has 0 unspecified atom stereocenters. The number of aryl methyl sites for hydroxylation is 2. The van der Waals surface area contributed by atoms with Gasteiger partial charge in [-0.15, -0.1) is 0 Å². The average Bonchev–Trinajstić information content (AvgIpc) is 3.40. The van der Waals surface area contributed by atoms with E-state index in [1.165, 1.54) is 5.56 Å². The van der Waals surface area contributed by atoms with Crippen LogP contribution >= 0.6 is 0 Å². The monoisotopic (exact) mass is 387 g/mol. The molecule has 1 amide bonds. The number of imidazole rings is 1. The van der Waals surface area contributed by atoms with Gasteiger partial charge < -0.3 is 9.88 Å². The van der Waals surface area contributed by atoms with Gasteiger partial charge in [-0.25, -0.2) is 4.98 Å². The third-order valence-corrected chi connectivity index (χ3v) is 5.10. The van der Waals surface area contributed by atoms with Crippen LogP contribution in [0.15, 0.2) is 72.1 Å². The standard InChI is InChI=1S/C23H25N5O/c1-18-11-15-28(26-18)21-9-7-20(8-10-21)23(29)25-17-22-24-13-16-27(22)14-12-19-5-3-2-4-6-19/h2-10,13,16H,11-12,14-15,17H2,1H3,(H,25,29). The van der Waals surface area contributed by atoms with Crippen LogP contribution in [0.4, 0.5) is 5.69 Å². The van der Waals surface area contributed by atoms with Crippen molar-refractivity contribution < 1.29 is 4.79 Å². The van der Waals surface area contributed by atoms with E-state index in [1.54, 1.807) is 6.20 Å². The fourth-order valence-electron chi connectivity index (χ4n) is 3.41. The second kappa shape index (κ2) is 8.73. The number of carbonyl (C=O) groups excluding carboxylic acids is 1. The first kappa shape index (κ1) is 18.9. The van der Waals surface area contributed by atoms with E-state index in [9.17, 15) is 4.79 Å². The Labute approximate surface area is 170 Å². The normalized spacial score (nSPS) is 13.4. The van der Waals surface area contributed by atoms with Crippen LogP contribution in [-0.2, 0) is 19.5 Å². The Hall–Kier alpha value is -3.41. The fraction of sp³-hybridized carbons (Fsp3) is 0.261. The molecule has 1 aliphatic heterocycles. The number of hydrazone groups is 1. The highest BCUT2D eigenvalue weighted by Gasteiger charge is 2.14. The van der Waals surface area contributed by atoms with Crippen molar-refractivity contribution in [2.75, 3.05) is 11.6 Å². The summed E-state index contributed by atoms with van der Waals surface area (Å²) < 4.78 is 2.09. The van der Waals surface area contributed by atoms with Crippen molar-refractivity contribution in [1.82, 2.24) is 14.9 Å². The first-order chi connectivity index (χ1) is 14.2. The van der Waals surface area contributed by atoms with Gasteiger partial charge in [-0.1, -0.05) is 30.3 Å². The Kier molecular flexibility index (Phi) is 5.70. The summed E-state index contributed by atoms with van der Waals surface area (Å²) in [6, 6.07) is 17.9. The molecule has 0 aliphatic carbocycles. The molecule has 6 heteroatoms. The summed E-state index contributed by atoms with van der Waals surface area (Å²) in [5.41, 5.74) is 4.06. The van der Waals surface area contributed by atoms with Crippen LogP contribution < -0.4 is 10.3 Å². The number of hydrogen-bond acceptors (Lipinski definition) is 4. The number of anilines is 1. The zero-order valence-electron chi connectivity index (χ0n) is 16.6. The van der Waals surface area contributed by atoms with Crippen molar-refractivity contribution in [3.05, 3.63) is 83.9 Å². The smallest absolute Gasteiger partial charge is 0.251 e. The van der Waals surface area contributed by atoms with Crippen LogP contribution in [0.2, 0.25) is 0 Å². The third kappa shape index (κ3) is 4.71. The summed E-state index contributed by atoms with van der Waals surface area (Å²) in [5, 5.41) is 9.44. The Morgan fingerprint density at radius 3 is 2.62 bits per heavy atom. The maximum Gasteiger partial charge on any atom is 0.251 e. The second-order valence-corrected chi connectivity index (χ2v) is 7.21. The van der Waals surface area contributed by atoms with Gasteiger partial charge in [0.25, 0.3) is 5.91 Å². The molecule has 148 valence electrons. The quantitative estimate of drug-likeness (QED) is 0.673. The molecule has 2 heterocycles. The van der Waals surface area contributed by atoms with Crippen molar-refractivity contribution in [2.24, 2.45) is 5.10 Å². The van der Waals surface area contributed by atoms with Gasteiger partial charge in [0.1, 0.15) is 5.82 Å². The summed E-state index contributed by atoms with van der Waals surface area (Å²) >= 11 is 0. The number of nitrogens with zero attached hydrogens (tertiary/aromatic N) is 4. The van der Waals surface area contributed by atoms with E-state index < -0.39 is 0 Å². The number of carbonyl (C=O) groups is 1. The third-order valence-electron chi connectivity index (χ3n) is 5.10. The lowest BCUT2D eigenvalue weighted by Crippen LogP contribution is -2.25. The molecule has 0 saturated carbocycles.